The molecule has 0 amide bonds. The van der Waals surface area contributed by atoms with Gasteiger partial charge in [-0.15, -0.1) is 0 Å². The van der Waals surface area contributed by atoms with Crippen molar-refractivity contribution in [1.29, 1.82) is 5.26 Å². The lowest BCUT2D eigenvalue weighted by molar-refractivity contribution is 0.0278. The van der Waals surface area contributed by atoms with Crippen LogP contribution in [0.5, 0.6) is 0 Å². The predicted octanol–water partition coefficient (Wildman–Crippen LogP) is 2.94. The molecule has 0 unspecified atom stereocenters. The summed E-state index contributed by atoms with van der Waals surface area (Å²) in [4.78, 5) is 2.14. The maximum absolute atomic E-state index is 14.6. The van der Waals surface area contributed by atoms with E-state index in [1.807, 2.05) is 6.07 Å². The molecule has 32 heavy (non-hydrogen) atoms. The van der Waals surface area contributed by atoms with E-state index in [1.165, 1.54) is 4.52 Å². The molecule has 8 nitrogen and oxygen atoms in total. The molecule has 2 aliphatic heterocycles. The van der Waals surface area contributed by atoms with Gasteiger partial charge in [-0.25, -0.2) is 8.91 Å². The molecule has 0 spiro atoms. The van der Waals surface area contributed by atoms with Crippen LogP contribution in [0.1, 0.15) is 36.0 Å². The Morgan fingerprint density at radius 3 is 3.00 bits per heavy atom. The van der Waals surface area contributed by atoms with Gasteiger partial charge in [-0.1, -0.05) is 12.1 Å². The van der Waals surface area contributed by atoms with E-state index in [0.717, 1.165) is 47.1 Å². The van der Waals surface area contributed by atoms with Crippen molar-refractivity contribution in [3.8, 4) is 6.07 Å². The van der Waals surface area contributed by atoms with Crippen molar-refractivity contribution in [2.45, 2.75) is 25.6 Å². The number of benzene rings is 1. The number of aromatic nitrogens is 4. The van der Waals surface area contributed by atoms with Crippen LogP contribution in [0.2, 0.25) is 0 Å². The number of hydrogen-bond donors (Lipinski definition) is 1. The van der Waals surface area contributed by atoms with E-state index in [1.54, 1.807) is 6.07 Å². The van der Waals surface area contributed by atoms with Crippen molar-refractivity contribution in [3.63, 3.8) is 0 Å². The summed E-state index contributed by atoms with van der Waals surface area (Å²) in [6, 6.07) is 12.0. The fourth-order valence-corrected chi connectivity index (χ4v) is 4.89. The van der Waals surface area contributed by atoms with E-state index >= 15 is 0 Å². The smallest absolute Gasteiger partial charge is 0.171 e. The van der Waals surface area contributed by atoms with Crippen LogP contribution >= 0.6 is 0 Å². The van der Waals surface area contributed by atoms with E-state index in [-0.39, 0.29) is 12.1 Å². The number of fused-ring (bicyclic) bond motifs is 4. The minimum absolute atomic E-state index is 0.0394. The monoisotopic (exact) mass is 431 g/mol. The number of nitrogens with zero attached hydrogens (tertiary/aromatic N) is 6. The zero-order valence-electron chi connectivity index (χ0n) is 17.6. The second-order valence-corrected chi connectivity index (χ2v) is 8.43. The van der Waals surface area contributed by atoms with Crippen molar-refractivity contribution in [3.05, 3.63) is 59.3 Å². The Morgan fingerprint density at radius 2 is 2.19 bits per heavy atom. The van der Waals surface area contributed by atoms with Gasteiger partial charge >= 0.3 is 0 Å². The second-order valence-electron chi connectivity index (χ2n) is 8.43. The number of rotatable bonds is 2. The summed E-state index contributed by atoms with van der Waals surface area (Å²) >= 11 is 0. The molecule has 2 atom stereocenters. The third kappa shape index (κ3) is 2.87. The highest BCUT2D eigenvalue weighted by Crippen LogP contribution is 2.34. The van der Waals surface area contributed by atoms with Crippen LogP contribution in [0.4, 0.5) is 10.1 Å². The average Bonchev–Trinajstić information content (AvgIpc) is 3.40. The SMILES string of the molecule is C[C@@H]1CN(c2ccc(C#N)n3ncc(F)c23)Cc2c3ccc([C@@H]4CNCCO4)cc3nn21. The largest absolute Gasteiger partial charge is 0.371 e. The highest BCUT2D eigenvalue weighted by atomic mass is 19.1. The molecule has 5 heterocycles. The second kappa shape index (κ2) is 7.29. The summed E-state index contributed by atoms with van der Waals surface area (Å²) in [7, 11) is 0. The summed E-state index contributed by atoms with van der Waals surface area (Å²) in [6.07, 6.45) is 1.20. The van der Waals surface area contributed by atoms with Gasteiger partial charge in [0.1, 0.15) is 17.3 Å². The van der Waals surface area contributed by atoms with Crippen LogP contribution in [-0.2, 0) is 11.3 Å². The average molecular weight is 431 g/mol. The standard InChI is InChI=1S/C23H22FN7O/c1-14-12-29(20-5-3-16(9-25)31-23(20)18(24)10-27-31)13-21-17-4-2-15(8-19(17)28-30(14)21)22-11-26-6-7-32-22/h2-5,8,10,14,22,26H,6-7,11-13H2,1H3/t14-,22+/m1/s1. The van der Waals surface area contributed by atoms with E-state index < -0.39 is 5.82 Å². The van der Waals surface area contributed by atoms with Crippen LogP contribution in [-0.4, -0.2) is 45.6 Å². The number of ether oxygens (including phenoxy) is 1. The number of morpholine rings is 1. The molecule has 2 aliphatic rings. The summed E-state index contributed by atoms with van der Waals surface area (Å²) in [6.45, 7) is 5.77. The first kappa shape index (κ1) is 19.2. The van der Waals surface area contributed by atoms with Gasteiger partial charge in [0.15, 0.2) is 5.82 Å². The molecule has 3 aromatic heterocycles. The first-order chi connectivity index (χ1) is 15.6. The number of nitriles is 1. The molecule has 0 bridgehead atoms. The lowest BCUT2D eigenvalue weighted by atomic mass is 10.0. The molecule has 0 aliphatic carbocycles. The van der Waals surface area contributed by atoms with Crippen LogP contribution < -0.4 is 10.2 Å². The van der Waals surface area contributed by atoms with Gasteiger partial charge in [0.2, 0.25) is 0 Å². The quantitative estimate of drug-likeness (QED) is 0.526. The molecule has 1 N–H and O–H groups in total. The van der Waals surface area contributed by atoms with Crippen molar-refractivity contribution in [2.24, 2.45) is 0 Å². The molecular formula is C23H22FN7O. The number of nitrogens with one attached hydrogen (secondary N) is 1. The minimum atomic E-state index is -0.431. The first-order valence-corrected chi connectivity index (χ1v) is 10.8. The van der Waals surface area contributed by atoms with Crippen molar-refractivity contribution < 1.29 is 9.13 Å². The fraction of sp³-hybridized carbons (Fsp3) is 0.348. The number of halogens is 1. The maximum atomic E-state index is 14.6. The topological polar surface area (TPSA) is 83.4 Å². The Balaban J connectivity index is 1.41. The van der Waals surface area contributed by atoms with E-state index in [0.29, 0.717) is 30.9 Å². The molecule has 0 saturated carbocycles. The Morgan fingerprint density at radius 1 is 1.28 bits per heavy atom. The maximum Gasteiger partial charge on any atom is 0.171 e. The minimum Gasteiger partial charge on any atom is -0.371 e. The zero-order chi connectivity index (χ0) is 21.8. The highest BCUT2D eigenvalue weighted by molar-refractivity contribution is 5.84. The summed E-state index contributed by atoms with van der Waals surface area (Å²) < 4.78 is 24.0. The molecule has 0 radical (unpaired) electrons. The number of pyridine rings is 1. The van der Waals surface area contributed by atoms with E-state index in [9.17, 15) is 9.65 Å². The van der Waals surface area contributed by atoms with Gasteiger partial charge in [-0.05, 0) is 30.7 Å². The lowest BCUT2D eigenvalue weighted by Crippen LogP contribution is -2.36. The summed E-state index contributed by atoms with van der Waals surface area (Å²) in [5.74, 6) is -0.431. The van der Waals surface area contributed by atoms with Crippen LogP contribution in [0.3, 0.4) is 0 Å². The summed E-state index contributed by atoms with van der Waals surface area (Å²) in [5, 5.41) is 22.8. The van der Waals surface area contributed by atoms with Gasteiger partial charge in [0.05, 0.1) is 48.4 Å². The Kier molecular flexibility index (Phi) is 4.38. The van der Waals surface area contributed by atoms with E-state index in [4.69, 9.17) is 9.84 Å². The molecule has 1 aromatic carbocycles. The Labute approximate surface area is 183 Å². The highest BCUT2D eigenvalue weighted by Gasteiger charge is 2.28. The molecule has 6 rings (SSSR count). The van der Waals surface area contributed by atoms with Crippen molar-refractivity contribution >= 4 is 22.1 Å². The van der Waals surface area contributed by atoms with Crippen molar-refractivity contribution in [1.82, 2.24) is 24.7 Å². The van der Waals surface area contributed by atoms with Gasteiger partial charge in [0.25, 0.3) is 0 Å². The van der Waals surface area contributed by atoms with Crippen LogP contribution in [0.25, 0.3) is 16.4 Å². The molecule has 1 saturated heterocycles. The Hall–Kier alpha value is -3.48. The fourth-order valence-electron chi connectivity index (χ4n) is 4.89. The molecular weight excluding hydrogens is 409 g/mol. The molecule has 1 fully saturated rings. The number of hydrogen-bond acceptors (Lipinski definition) is 6. The van der Waals surface area contributed by atoms with Crippen molar-refractivity contribution in [2.75, 3.05) is 31.1 Å². The van der Waals surface area contributed by atoms with Gasteiger partial charge in [-0.2, -0.15) is 15.5 Å². The van der Waals surface area contributed by atoms with Crippen LogP contribution in [0.15, 0.2) is 36.5 Å². The predicted molar refractivity (Wildman–Crippen MR) is 117 cm³/mol. The lowest BCUT2D eigenvalue weighted by Gasteiger charge is -2.34. The summed E-state index contributed by atoms with van der Waals surface area (Å²) in [5.41, 5.74) is 4.53. The van der Waals surface area contributed by atoms with Crippen LogP contribution in [0, 0.1) is 17.1 Å². The Bertz CT molecular complexity index is 1380. The van der Waals surface area contributed by atoms with Gasteiger partial charge in [0, 0.05) is 25.0 Å². The molecule has 162 valence electrons. The van der Waals surface area contributed by atoms with Gasteiger partial charge in [-0.3, -0.25) is 4.68 Å². The third-order valence-electron chi connectivity index (χ3n) is 6.42. The molecule has 4 aromatic rings. The third-order valence-corrected chi connectivity index (χ3v) is 6.42. The number of anilines is 1. The van der Waals surface area contributed by atoms with Gasteiger partial charge < -0.3 is 15.0 Å². The first-order valence-electron chi connectivity index (χ1n) is 10.8. The zero-order valence-corrected chi connectivity index (χ0v) is 17.6. The molecule has 9 heteroatoms. The van der Waals surface area contributed by atoms with E-state index in [2.05, 4.69) is 51.2 Å². The normalized spacial score (nSPS) is 21.1.